The lowest BCUT2D eigenvalue weighted by Crippen LogP contribution is -2.30. The van der Waals surface area contributed by atoms with Crippen molar-refractivity contribution in [1.82, 2.24) is 0 Å². The summed E-state index contributed by atoms with van der Waals surface area (Å²) in [7, 11) is 0. The third kappa shape index (κ3) is 2.06. The monoisotopic (exact) mass is 265 g/mol. The van der Waals surface area contributed by atoms with Crippen molar-refractivity contribution in [3.63, 3.8) is 0 Å². The summed E-state index contributed by atoms with van der Waals surface area (Å²) in [5.41, 5.74) is 6.46. The van der Waals surface area contributed by atoms with Gasteiger partial charge in [0.1, 0.15) is 11.4 Å². The molecule has 0 aliphatic carbocycles. The highest BCUT2D eigenvalue weighted by atomic mass is 16.7. The van der Waals surface area contributed by atoms with Gasteiger partial charge in [-0.3, -0.25) is 10.1 Å². The molecule has 1 aliphatic rings. The first-order chi connectivity index (χ1) is 9.05. The molecule has 1 heterocycles. The SMILES string of the molecule is CCOC1(OCC)N=C(N)c2cccc([N+](=O)[O-])c21. The normalized spacial score (nSPS) is 16.0. The number of benzene rings is 1. The van der Waals surface area contributed by atoms with Crippen LogP contribution in [0.3, 0.4) is 0 Å². The Balaban J connectivity index is 2.66. The Bertz CT molecular complexity index is 536. The smallest absolute Gasteiger partial charge is 0.307 e. The summed E-state index contributed by atoms with van der Waals surface area (Å²) in [6, 6.07) is 4.62. The van der Waals surface area contributed by atoms with Crippen LogP contribution in [-0.2, 0) is 15.4 Å². The van der Waals surface area contributed by atoms with Crippen molar-refractivity contribution < 1.29 is 14.4 Å². The van der Waals surface area contributed by atoms with Crippen molar-refractivity contribution in [2.24, 2.45) is 10.7 Å². The number of hydrogen-bond donors (Lipinski definition) is 1. The zero-order chi connectivity index (χ0) is 14.0. The zero-order valence-corrected chi connectivity index (χ0v) is 10.8. The van der Waals surface area contributed by atoms with Crippen LogP contribution in [0.15, 0.2) is 23.2 Å². The summed E-state index contributed by atoms with van der Waals surface area (Å²) < 4.78 is 11.0. The molecule has 0 atom stereocenters. The van der Waals surface area contributed by atoms with E-state index in [0.29, 0.717) is 18.8 Å². The minimum atomic E-state index is -1.51. The molecule has 0 saturated carbocycles. The van der Waals surface area contributed by atoms with Crippen LogP contribution in [0.25, 0.3) is 0 Å². The van der Waals surface area contributed by atoms with E-state index in [1.807, 2.05) is 0 Å². The standard InChI is InChI=1S/C12H15N3O4/c1-3-18-12(19-4-2)10-8(11(13)14-12)6-5-7-9(10)15(16)17/h5-7H,3-4H2,1-2H3,(H2,13,14). The summed E-state index contributed by atoms with van der Waals surface area (Å²) in [6.07, 6.45) is 0. The van der Waals surface area contributed by atoms with E-state index < -0.39 is 10.8 Å². The summed E-state index contributed by atoms with van der Waals surface area (Å²) in [5, 5.41) is 11.2. The third-order valence-corrected chi connectivity index (χ3v) is 2.78. The average Bonchev–Trinajstić information content (AvgIpc) is 2.64. The van der Waals surface area contributed by atoms with Crippen LogP contribution in [0.4, 0.5) is 5.69 Å². The first-order valence-electron chi connectivity index (χ1n) is 5.97. The molecule has 1 aliphatic heterocycles. The van der Waals surface area contributed by atoms with Crippen molar-refractivity contribution in [3.8, 4) is 0 Å². The Morgan fingerprint density at radius 2 is 2.00 bits per heavy atom. The van der Waals surface area contributed by atoms with Gasteiger partial charge in [-0.15, -0.1) is 0 Å². The summed E-state index contributed by atoms with van der Waals surface area (Å²) in [5.74, 6) is -1.33. The number of amidine groups is 1. The lowest BCUT2D eigenvalue weighted by Gasteiger charge is -2.26. The van der Waals surface area contributed by atoms with Crippen molar-refractivity contribution in [3.05, 3.63) is 39.4 Å². The zero-order valence-electron chi connectivity index (χ0n) is 10.8. The van der Waals surface area contributed by atoms with Gasteiger partial charge in [0.25, 0.3) is 5.69 Å². The maximum atomic E-state index is 11.2. The van der Waals surface area contributed by atoms with E-state index in [0.717, 1.165) is 0 Å². The number of rotatable bonds is 5. The molecule has 0 saturated heterocycles. The summed E-state index contributed by atoms with van der Waals surface area (Å²) in [6.45, 7) is 4.11. The molecule has 19 heavy (non-hydrogen) atoms. The average molecular weight is 265 g/mol. The van der Waals surface area contributed by atoms with Gasteiger partial charge in [0, 0.05) is 24.8 Å². The Labute approximate surface area is 110 Å². The molecule has 7 nitrogen and oxygen atoms in total. The molecule has 0 bridgehead atoms. The molecule has 2 rings (SSSR count). The maximum absolute atomic E-state index is 11.2. The van der Waals surface area contributed by atoms with Crippen molar-refractivity contribution >= 4 is 11.5 Å². The molecule has 1 aromatic carbocycles. The number of nitro groups is 1. The molecule has 0 amide bonds. The van der Waals surface area contributed by atoms with Crippen LogP contribution >= 0.6 is 0 Å². The highest BCUT2D eigenvalue weighted by Crippen LogP contribution is 2.42. The van der Waals surface area contributed by atoms with E-state index in [4.69, 9.17) is 15.2 Å². The van der Waals surface area contributed by atoms with E-state index in [2.05, 4.69) is 4.99 Å². The predicted octanol–water partition coefficient (Wildman–Crippen LogP) is 1.50. The largest absolute Gasteiger partial charge is 0.383 e. The fraction of sp³-hybridized carbons (Fsp3) is 0.417. The minimum absolute atomic E-state index is 0.108. The van der Waals surface area contributed by atoms with E-state index >= 15 is 0 Å². The number of ether oxygens (including phenoxy) is 2. The molecule has 1 aromatic rings. The number of fused-ring (bicyclic) bond motifs is 1. The lowest BCUT2D eigenvalue weighted by molar-refractivity contribution is -0.389. The number of aliphatic imine (C=N–C) groups is 1. The molecule has 0 radical (unpaired) electrons. The highest BCUT2D eigenvalue weighted by Gasteiger charge is 2.47. The molecular weight excluding hydrogens is 250 g/mol. The van der Waals surface area contributed by atoms with E-state index in [-0.39, 0.29) is 17.1 Å². The van der Waals surface area contributed by atoms with Crippen LogP contribution in [0.2, 0.25) is 0 Å². The van der Waals surface area contributed by atoms with Gasteiger partial charge in [-0.25, -0.2) is 4.99 Å². The van der Waals surface area contributed by atoms with Gasteiger partial charge < -0.3 is 15.2 Å². The summed E-state index contributed by atoms with van der Waals surface area (Å²) in [4.78, 5) is 14.8. The van der Waals surface area contributed by atoms with Gasteiger partial charge in [-0.2, -0.15) is 0 Å². The second-order valence-electron chi connectivity index (χ2n) is 3.90. The topological polar surface area (TPSA) is 100.0 Å². The predicted molar refractivity (Wildman–Crippen MR) is 68.8 cm³/mol. The molecule has 0 spiro atoms. The van der Waals surface area contributed by atoms with Crippen LogP contribution in [0.1, 0.15) is 25.0 Å². The second-order valence-corrected chi connectivity index (χ2v) is 3.90. The fourth-order valence-corrected chi connectivity index (χ4v) is 2.15. The lowest BCUT2D eigenvalue weighted by atomic mass is 10.0. The minimum Gasteiger partial charge on any atom is -0.383 e. The Morgan fingerprint density at radius 3 is 2.53 bits per heavy atom. The van der Waals surface area contributed by atoms with Gasteiger partial charge >= 0.3 is 5.91 Å². The first kappa shape index (κ1) is 13.4. The molecule has 0 aromatic heterocycles. The van der Waals surface area contributed by atoms with Crippen LogP contribution in [0.5, 0.6) is 0 Å². The fourth-order valence-electron chi connectivity index (χ4n) is 2.15. The van der Waals surface area contributed by atoms with Crippen molar-refractivity contribution in [1.29, 1.82) is 0 Å². The molecule has 2 N–H and O–H groups in total. The first-order valence-corrected chi connectivity index (χ1v) is 5.97. The Hall–Kier alpha value is -1.99. The maximum Gasteiger partial charge on any atom is 0.307 e. The summed E-state index contributed by atoms with van der Waals surface area (Å²) >= 11 is 0. The third-order valence-electron chi connectivity index (χ3n) is 2.78. The van der Waals surface area contributed by atoms with Crippen molar-refractivity contribution in [2.75, 3.05) is 13.2 Å². The van der Waals surface area contributed by atoms with Gasteiger partial charge in [-0.1, -0.05) is 12.1 Å². The number of hydrogen-bond acceptors (Lipinski definition) is 6. The van der Waals surface area contributed by atoms with Crippen LogP contribution < -0.4 is 5.73 Å². The van der Waals surface area contributed by atoms with Gasteiger partial charge in [-0.05, 0) is 13.8 Å². The molecule has 0 unspecified atom stereocenters. The molecule has 102 valence electrons. The highest BCUT2D eigenvalue weighted by molar-refractivity contribution is 6.02. The number of nitrogens with zero attached hydrogens (tertiary/aromatic N) is 2. The van der Waals surface area contributed by atoms with Crippen LogP contribution in [-0.4, -0.2) is 24.0 Å². The quantitative estimate of drug-likeness (QED) is 0.494. The number of nitrogens with two attached hydrogens (primary N) is 1. The van der Waals surface area contributed by atoms with Gasteiger partial charge in [0.05, 0.1) is 4.92 Å². The van der Waals surface area contributed by atoms with E-state index in [1.165, 1.54) is 6.07 Å². The number of nitro benzene ring substituents is 1. The van der Waals surface area contributed by atoms with Gasteiger partial charge in [0.2, 0.25) is 0 Å². The Kier molecular flexibility index (Phi) is 3.50. The van der Waals surface area contributed by atoms with E-state index in [1.54, 1.807) is 26.0 Å². The molecular formula is C12H15N3O4. The molecule has 0 fully saturated rings. The second kappa shape index (κ2) is 4.94. The van der Waals surface area contributed by atoms with Crippen molar-refractivity contribution in [2.45, 2.75) is 19.8 Å². The van der Waals surface area contributed by atoms with Gasteiger partial charge in [0.15, 0.2) is 0 Å². The molecule has 7 heteroatoms. The van der Waals surface area contributed by atoms with E-state index in [9.17, 15) is 10.1 Å². The Morgan fingerprint density at radius 1 is 1.37 bits per heavy atom. The van der Waals surface area contributed by atoms with Crippen LogP contribution in [0, 0.1) is 10.1 Å².